The molecule has 0 spiro atoms. The van der Waals surface area contributed by atoms with Crippen molar-refractivity contribution in [2.24, 2.45) is 7.05 Å². The standard InChI is InChI=1S/C24H22ClN5O6S/c1-30-20-17(10-18(23(30)33)21(32)28-13-16-4-2-15(12-26)3-5-16)6-9-27-22(20)36-14-24(7-8-24)37(34,35)29-19(31)11-25/h2-6,9-10H,7-8,11,13-14H2,1H3,(H,28,32)(H,29,31). The van der Waals surface area contributed by atoms with Crippen molar-refractivity contribution in [2.75, 3.05) is 12.5 Å². The van der Waals surface area contributed by atoms with Crippen LogP contribution in [0.2, 0.25) is 0 Å². The summed E-state index contributed by atoms with van der Waals surface area (Å²) in [5.74, 6) is -1.88. The lowest BCUT2D eigenvalue weighted by Gasteiger charge is -2.18. The largest absolute Gasteiger partial charge is 0.474 e. The second-order valence-electron chi connectivity index (χ2n) is 8.60. The predicted molar refractivity (Wildman–Crippen MR) is 135 cm³/mol. The molecule has 11 nitrogen and oxygen atoms in total. The number of aromatic nitrogens is 2. The number of halogens is 1. The lowest BCUT2D eigenvalue weighted by Crippen LogP contribution is -2.43. The Bertz CT molecular complexity index is 1590. The number of fused-ring (bicyclic) bond motifs is 1. The van der Waals surface area contributed by atoms with Gasteiger partial charge in [0.25, 0.3) is 11.5 Å². The first kappa shape index (κ1) is 26.1. The van der Waals surface area contributed by atoms with Crippen LogP contribution in [0.1, 0.15) is 34.3 Å². The van der Waals surface area contributed by atoms with Crippen LogP contribution in [0.5, 0.6) is 5.88 Å². The van der Waals surface area contributed by atoms with Crippen LogP contribution >= 0.6 is 11.6 Å². The van der Waals surface area contributed by atoms with Crippen LogP contribution < -0.4 is 20.3 Å². The van der Waals surface area contributed by atoms with E-state index < -0.39 is 38.0 Å². The van der Waals surface area contributed by atoms with Crippen molar-refractivity contribution >= 4 is 44.3 Å². The van der Waals surface area contributed by atoms with Crippen LogP contribution in [0.3, 0.4) is 0 Å². The fraction of sp³-hybridized carbons (Fsp3) is 0.292. The van der Waals surface area contributed by atoms with Crippen molar-refractivity contribution in [1.82, 2.24) is 19.6 Å². The number of aryl methyl sites for hydroxylation is 1. The Hall–Kier alpha value is -3.95. The van der Waals surface area contributed by atoms with Gasteiger partial charge in [-0.25, -0.2) is 13.4 Å². The van der Waals surface area contributed by atoms with E-state index in [9.17, 15) is 22.8 Å². The highest BCUT2D eigenvalue weighted by molar-refractivity contribution is 7.91. The Morgan fingerprint density at radius 2 is 1.95 bits per heavy atom. The molecular formula is C24H22ClN5O6S. The number of hydrogen-bond acceptors (Lipinski definition) is 8. The van der Waals surface area contributed by atoms with Crippen molar-refractivity contribution in [3.05, 3.63) is 69.6 Å². The molecule has 3 aromatic rings. The van der Waals surface area contributed by atoms with Gasteiger partial charge in [-0.2, -0.15) is 5.26 Å². The van der Waals surface area contributed by atoms with Gasteiger partial charge in [-0.05, 0) is 42.7 Å². The Balaban J connectivity index is 1.55. The summed E-state index contributed by atoms with van der Waals surface area (Å²) in [6.07, 6.45) is 1.99. The number of carbonyl (C=O) groups is 2. The fourth-order valence-corrected chi connectivity index (χ4v) is 5.35. The maximum absolute atomic E-state index is 13.0. The van der Waals surface area contributed by atoms with Crippen molar-refractivity contribution in [2.45, 2.75) is 24.1 Å². The molecule has 37 heavy (non-hydrogen) atoms. The molecule has 2 N–H and O–H groups in total. The molecule has 1 aromatic carbocycles. The van der Waals surface area contributed by atoms with Gasteiger partial charge in [0.1, 0.15) is 28.3 Å². The number of sulfonamides is 1. The highest BCUT2D eigenvalue weighted by Crippen LogP contribution is 2.43. The Morgan fingerprint density at radius 3 is 2.57 bits per heavy atom. The van der Waals surface area contributed by atoms with Gasteiger partial charge in [0.2, 0.25) is 21.8 Å². The van der Waals surface area contributed by atoms with E-state index >= 15 is 0 Å². The summed E-state index contributed by atoms with van der Waals surface area (Å²) in [7, 11) is -2.57. The molecule has 2 heterocycles. The van der Waals surface area contributed by atoms with Gasteiger partial charge < -0.3 is 14.6 Å². The molecule has 2 aromatic heterocycles. The summed E-state index contributed by atoms with van der Waals surface area (Å²) in [5.41, 5.74) is 0.858. The van der Waals surface area contributed by atoms with Crippen molar-refractivity contribution < 1.29 is 22.7 Å². The highest BCUT2D eigenvalue weighted by Gasteiger charge is 2.56. The van der Waals surface area contributed by atoms with Gasteiger partial charge in [-0.15, -0.1) is 11.6 Å². The number of benzene rings is 1. The number of rotatable bonds is 9. The van der Waals surface area contributed by atoms with Crippen LogP contribution in [0.25, 0.3) is 10.9 Å². The summed E-state index contributed by atoms with van der Waals surface area (Å²) in [6.45, 7) is -0.127. The second-order valence-corrected chi connectivity index (χ2v) is 10.9. The highest BCUT2D eigenvalue weighted by atomic mass is 35.5. The van der Waals surface area contributed by atoms with Gasteiger partial charge >= 0.3 is 0 Å². The van der Waals surface area contributed by atoms with Crippen LogP contribution in [0.4, 0.5) is 0 Å². The molecule has 1 aliphatic rings. The molecular weight excluding hydrogens is 522 g/mol. The smallest absolute Gasteiger partial charge is 0.263 e. The molecule has 0 bridgehead atoms. The summed E-state index contributed by atoms with van der Waals surface area (Å²) in [6, 6.07) is 11.7. The molecule has 0 atom stereocenters. The number of nitriles is 1. The topological polar surface area (TPSA) is 160 Å². The number of alkyl halides is 1. The molecule has 1 fully saturated rings. The lowest BCUT2D eigenvalue weighted by molar-refractivity contribution is -0.117. The molecule has 192 valence electrons. The van der Waals surface area contributed by atoms with Gasteiger partial charge in [-0.1, -0.05) is 12.1 Å². The number of carbonyl (C=O) groups excluding carboxylic acids is 2. The molecule has 1 saturated carbocycles. The number of nitrogens with one attached hydrogen (secondary N) is 2. The number of nitrogens with zero attached hydrogens (tertiary/aromatic N) is 3. The third-order valence-corrected chi connectivity index (χ3v) is 8.50. The maximum Gasteiger partial charge on any atom is 0.263 e. The van der Waals surface area contributed by atoms with Crippen molar-refractivity contribution in [1.29, 1.82) is 5.26 Å². The van der Waals surface area contributed by atoms with E-state index in [0.717, 1.165) is 5.56 Å². The van der Waals surface area contributed by atoms with Gasteiger partial charge in [0.05, 0.1) is 11.6 Å². The van der Waals surface area contributed by atoms with Crippen molar-refractivity contribution in [3.63, 3.8) is 0 Å². The Kier molecular flexibility index (Phi) is 7.20. The van der Waals surface area contributed by atoms with E-state index in [1.165, 1.54) is 23.9 Å². The lowest BCUT2D eigenvalue weighted by atomic mass is 10.1. The number of hydrogen-bond donors (Lipinski definition) is 2. The Labute approximate surface area is 217 Å². The maximum atomic E-state index is 13.0. The molecule has 0 unspecified atom stereocenters. The zero-order valence-corrected chi connectivity index (χ0v) is 21.2. The average Bonchev–Trinajstić information content (AvgIpc) is 3.70. The van der Waals surface area contributed by atoms with E-state index in [2.05, 4.69) is 10.3 Å². The van der Waals surface area contributed by atoms with Crippen molar-refractivity contribution in [3.8, 4) is 11.9 Å². The zero-order valence-electron chi connectivity index (χ0n) is 19.7. The zero-order chi connectivity index (χ0) is 26.8. The third-order valence-electron chi connectivity index (χ3n) is 6.09. The third kappa shape index (κ3) is 5.28. The molecule has 0 aliphatic heterocycles. The molecule has 13 heteroatoms. The van der Waals surface area contributed by atoms with E-state index in [1.807, 2.05) is 10.8 Å². The van der Waals surface area contributed by atoms with Gasteiger partial charge in [0, 0.05) is 25.2 Å². The summed E-state index contributed by atoms with van der Waals surface area (Å²) in [5, 5.41) is 12.1. The summed E-state index contributed by atoms with van der Waals surface area (Å²) < 4.78 is 32.8. The normalized spacial score (nSPS) is 14.0. The second kappa shape index (κ2) is 10.2. The molecule has 2 amide bonds. The average molecular weight is 544 g/mol. The first-order valence-corrected chi connectivity index (χ1v) is 13.1. The first-order chi connectivity index (χ1) is 17.6. The van der Waals surface area contributed by atoms with E-state index in [0.29, 0.717) is 10.9 Å². The molecule has 0 saturated heterocycles. The minimum Gasteiger partial charge on any atom is -0.474 e. The van der Waals surface area contributed by atoms with Crippen LogP contribution in [-0.2, 0) is 28.4 Å². The van der Waals surface area contributed by atoms with Gasteiger partial charge in [-0.3, -0.25) is 19.1 Å². The molecule has 4 rings (SSSR count). The predicted octanol–water partition coefficient (Wildman–Crippen LogP) is 1.33. The molecule has 1 aliphatic carbocycles. The van der Waals surface area contributed by atoms with Crippen LogP contribution in [0.15, 0.2) is 47.4 Å². The summed E-state index contributed by atoms with van der Waals surface area (Å²) >= 11 is 5.41. The van der Waals surface area contributed by atoms with Gasteiger partial charge in [0.15, 0.2) is 0 Å². The minimum atomic E-state index is -4.03. The van der Waals surface area contributed by atoms with Crippen LogP contribution in [-0.4, -0.2) is 47.0 Å². The van der Waals surface area contributed by atoms with E-state index in [4.69, 9.17) is 21.6 Å². The van der Waals surface area contributed by atoms with E-state index in [1.54, 1.807) is 30.3 Å². The number of ether oxygens (including phenoxy) is 1. The number of pyridine rings is 2. The first-order valence-electron chi connectivity index (χ1n) is 11.1. The summed E-state index contributed by atoms with van der Waals surface area (Å²) in [4.78, 5) is 41.5. The molecule has 0 radical (unpaired) electrons. The fourth-order valence-electron chi connectivity index (χ4n) is 3.76. The van der Waals surface area contributed by atoms with Crippen LogP contribution in [0, 0.1) is 11.3 Å². The monoisotopic (exact) mass is 543 g/mol. The minimum absolute atomic E-state index is 0.0202. The van der Waals surface area contributed by atoms with E-state index in [-0.39, 0.29) is 43.0 Å². The quantitative estimate of drug-likeness (QED) is 0.382. The number of amides is 2. The SMILES string of the molecule is Cn1c(=O)c(C(=O)NCc2ccc(C#N)cc2)cc2ccnc(OCC3(S(=O)(=O)NC(=O)CCl)CC3)c21. The Morgan fingerprint density at radius 1 is 1.24 bits per heavy atom.